The van der Waals surface area contributed by atoms with Crippen molar-refractivity contribution in [2.45, 2.75) is 46.1 Å². The van der Waals surface area contributed by atoms with Gasteiger partial charge in [0, 0.05) is 18.0 Å². The molecule has 31 heavy (non-hydrogen) atoms. The number of para-hydroxylation sites is 1. The van der Waals surface area contributed by atoms with Crippen LogP contribution >= 0.6 is 11.3 Å². The zero-order valence-electron chi connectivity index (χ0n) is 18.0. The summed E-state index contributed by atoms with van der Waals surface area (Å²) < 4.78 is 2.78. The van der Waals surface area contributed by atoms with Crippen LogP contribution in [0.15, 0.2) is 39.9 Å². The Bertz CT molecular complexity index is 1260. The largest absolute Gasteiger partial charge is 0.341 e. The van der Waals surface area contributed by atoms with Gasteiger partial charge in [0.1, 0.15) is 11.4 Å². The van der Waals surface area contributed by atoms with Gasteiger partial charge in [0.15, 0.2) is 0 Å². The van der Waals surface area contributed by atoms with E-state index in [0.29, 0.717) is 27.7 Å². The number of amides is 1. The van der Waals surface area contributed by atoms with Crippen LogP contribution in [-0.4, -0.2) is 33.0 Å². The Kier molecular flexibility index (Phi) is 5.08. The van der Waals surface area contributed by atoms with Gasteiger partial charge in [-0.2, -0.15) is 0 Å². The first-order valence-corrected chi connectivity index (χ1v) is 11.9. The number of aromatic nitrogens is 2. The van der Waals surface area contributed by atoms with Gasteiger partial charge in [0.2, 0.25) is 5.91 Å². The Balaban J connectivity index is 1.66. The maximum atomic E-state index is 13.5. The SMILES string of the molecule is C[C@H]1C[C@H](C)CN(C(=O)Cn2c(=O)n(-c3ccccc3)c(=O)c3c4c(sc32)CCC4)C1. The number of thiophene rings is 1. The molecule has 1 aliphatic heterocycles. The van der Waals surface area contributed by atoms with Gasteiger partial charge in [0.25, 0.3) is 5.56 Å². The minimum absolute atomic E-state index is 0.0265. The Hall–Kier alpha value is -2.67. The predicted octanol–water partition coefficient (Wildman–Crippen LogP) is 3.21. The van der Waals surface area contributed by atoms with E-state index in [-0.39, 0.29) is 18.0 Å². The van der Waals surface area contributed by atoms with Crippen LogP contribution in [0, 0.1) is 11.8 Å². The lowest BCUT2D eigenvalue weighted by Gasteiger charge is -2.35. The van der Waals surface area contributed by atoms with Gasteiger partial charge in [-0.25, -0.2) is 9.36 Å². The predicted molar refractivity (Wildman–Crippen MR) is 123 cm³/mol. The third-order valence-corrected chi connectivity index (χ3v) is 7.83. The molecule has 0 spiro atoms. The molecule has 0 radical (unpaired) electrons. The molecule has 3 heterocycles. The summed E-state index contributed by atoms with van der Waals surface area (Å²) in [5, 5.41) is 0.620. The van der Waals surface area contributed by atoms with E-state index < -0.39 is 5.69 Å². The second kappa shape index (κ2) is 7.79. The smallest absolute Gasteiger partial charge is 0.337 e. The molecule has 0 bridgehead atoms. The van der Waals surface area contributed by atoms with E-state index in [9.17, 15) is 14.4 Å². The minimum atomic E-state index is -0.435. The zero-order chi connectivity index (χ0) is 21.7. The molecule has 1 saturated heterocycles. The second-order valence-electron chi connectivity index (χ2n) is 9.13. The number of likely N-dealkylation sites (tertiary alicyclic amines) is 1. The van der Waals surface area contributed by atoms with E-state index in [1.165, 1.54) is 20.8 Å². The third-order valence-electron chi connectivity index (χ3n) is 6.52. The normalized spacial score (nSPS) is 20.9. The number of piperidine rings is 1. The van der Waals surface area contributed by atoms with Crippen LogP contribution < -0.4 is 11.2 Å². The van der Waals surface area contributed by atoms with Crippen LogP contribution in [0.1, 0.15) is 37.1 Å². The summed E-state index contributed by atoms with van der Waals surface area (Å²) >= 11 is 1.51. The number of carbonyl (C=O) groups is 1. The molecule has 1 aliphatic carbocycles. The lowest BCUT2D eigenvalue weighted by atomic mass is 9.92. The molecule has 3 aromatic rings. The Labute approximate surface area is 184 Å². The Morgan fingerprint density at radius 1 is 1.06 bits per heavy atom. The van der Waals surface area contributed by atoms with Crippen molar-refractivity contribution in [1.82, 2.24) is 14.0 Å². The lowest BCUT2D eigenvalue weighted by molar-refractivity contribution is -0.134. The molecule has 0 saturated carbocycles. The van der Waals surface area contributed by atoms with Crippen molar-refractivity contribution in [3.05, 3.63) is 61.6 Å². The molecule has 1 aromatic carbocycles. The van der Waals surface area contributed by atoms with Gasteiger partial charge in [-0.05, 0) is 55.2 Å². The summed E-state index contributed by atoms with van der Waals surface area (Å²) in [4.78, 5) is 44.0. The van der Waals surface area contributed by atoms with Crippen LogP contribution in [0.3, 0.4) is 0 Å². The average molecular weight is 438 g/mol. The number of nitrogens with zero attached hydrogens (tertiary/aromatic N) is 3. The standard InChI is InChI=1S/C24H27N3O3S/c1-15-11-16(2)13-25(12-15)20(28)14-26-23-21(18-9-6-10-19(18)31-23)22(29)27(24(26)30)17-7-4-3-5-8-17/h3-5,7-8,15-16H,6,9-14H2,1-2H3/t15-,16-/m0/s1. The summed E-state index contributed by atoms with van der Waals surface area (Å²) in [6.45, 7) is 5.75. The number of hydrogen-bond donors (Lipinski definition) is 0. The minimum Gasteiger partial charge on any atom is -0.341 e. The number of benzene rings is 1. The average Bonchev–Trinajstić information content (AvgIpc) is 3.32. The zero-order valence-corrected chi connectivity index (χ0v) is 18.8. The monoisotopic (exact) mass is 437 g/mol. The number of aryl methyl sites for hydroxylation is 2. The summed E-state index contributed by atoms with van der Waals surface area (Å²) in [6, 6.07) is 9.02. The molecule has 7 heteroatoms. The molecule has 1 fully saturated rings. The van der Waals surface area contributed by atoms with Crippen LogP contribution in [-0.2, 0) is 24.2 Å². The van der Waals surface area contributed by atoms with Crippen molar-refractivity contribution in [2.75, 3.05) is 13.1 Å². The lowest BCUT2D eigenvalue weighted by Crippen LogP contribution is -2.46. The van der Waals surface area contributed by atoms with Crippen LogP contribution in [0.25, 0.3) is 15.9 Å². The van der Waals surface area contributed by atoms with E-state index >= 15 is 0 Å². The highest BCUT2D eigenvalue weighted by Gasteiger charge is 2.29. The number of hydrogen-bond acceptors (Lipinski definition) is 4. The van der Waals surface area contributed by atoms with Gasteiger partial charge in [0.05, 0.1) is 11.1 Å². The molecule has 0 unspecified atom stereocenters. The fourth-order valence-electron chi connectivity index (χ4n) is 5.25. The molecular formula is C24H27N3O3S. The molecule has 5 rings (SSSR count). The second-order valence-corrected chi connectivity index (χ2v) is 10.2. The van der Waals surface area contributed by atoms with Crippen LogP contribution in [0.2, 0.25) is 0 Å². The van der Waals surface area contributed by atoms with Gasteiger partial charge in [-0.3, -0.25) is 14.2 Å². The van der Waals surface area contributed by atoms with Crippen molar-refractivity contribution >= 4 is 27.5 Å². The summed E-state index contributed by atoms with van der Waals surface area (Å²) in [6.07, 6.45) is 3.93. The molecular weight excluding hydrogens is 410 g/mol. The van der Waals surface area contributed by atoms with Gasteiger partial charge < -0.3 is 4.90 Å². The van der Waals surface area contributed by atoms with E-state index in [2.05, 4.69) is 13.8 Å². The number of carbonyl (C=O) groups excluding carboxylic acids is 1. The molecule has 0 N–H and O–H groups in total. The fraction of sp³-hybridized carbons (Fsp3) is 0.458. The molecule has 162 valence electrons. The molecule has 1 amide bonds. The third kappa shape index (κ3) is 3.45. The van der Waals surface area contributed by atoms with Crippen molar-refractivity contribution in [2.24, 2.45) is 11.8 Å². The highest BCUT2D eigenvalue weighted by molar-refractivity contribution is 7.19. The molecule has 6 nitrogen and oxygen atoms in total. The fourth-order valence-corrected chi connectivity index (χ4v) is 6.63. The quantitative estimate of drug-likeness (QED) is 0.632. The molecule has 2 atom stereocenters. The highest BCUT2D eigenvalue weighted by Crippen LogP contribution is 2.35. The first-order valence-electron chi connectivity index (χ1n) is 11.1. The van der Waals surface area contributed by atoms with E-state index in [4.69, 9.17) is 0 Å². The van der Waals surface area contributed by atoms with Crippen molar-refractivity contribution in [1.29, 1.82) is 0 Å². The first kappa shape index (κ1) is 20.2. The maximum Gasteiger partial charge on any atom is 0.337 e. The van der Waals surface area contributed by atoms with E-state index in [1.54, 1.807) is 16.7 Å². The van der Waals surface area contributed by atoms with Crippen molar-refractivity contribution in [3.63, 3.8) is 0 Å². The number of fused-ring (bicyclic) bond motifs is 3. The van der Waals surface area contributed by atoms with Crippen LogP contribution in [0.4, 0.5) is 0 Å². The summed E-state index contributed by atoms with van der Waals surface area (Å²) in [7, 11) is 0. The maximum absolute atomic E-state index is 13.5. The van der Waals surface area contributed by atoms with Crippen molar-refractivity contribution < 1.29 is 4.79 Å². The highest BCUT2D eigenvalue weighted by atomic mass is 32.1. The summed E-state index contributed by atoms with van der Waals surface area (Å²) in [5.41, 5.74) is 0.902. The Morgan fingerprint density at radius 3 is 2.48 bits per heavy atom. The summed E-state index contributed by atoms with van der Waals surface area (Å²) in [5.74, 6) is 0.857. The van der Waals surface area contributed by atoms with E-state index in [1.807, 2.05) is 23.1 Å². The molecule has 2 aromatic heterocycles. The van der Waals surface area contributed by atoms with Crippen LogP contribution in [0.5, 0.6) is 0 Å². The van der Waals surface area contributed by atoms with Gasteiger partial charge in [-0.1, -0.05) is 32.0 Å². The number of rotatable bonds is 3. The van der Waals surface area contributed by atoms with E-state index in [0.717, 1.165) is 44.3 Å². The first-order chi connectivity index (χ1) is 14.9. The van der Waals surface area contributed by atoms with Crippen molar-refractivity contribution in [3.8, 4) is 5.69 Å². The van der Waals surface area contributed by atoms with Gasteiger partial charge in [-0.15, -0.1) is 11.3 Å². The Morgan fingerprint density at radius 2 is 1.77 bits per heavy atom. The molecule has 2 aliphatic rings. The topological polar surface area (TPSA) is 64.3 Å². The van der Waals surface area contributed by atoms with Gasteiger partial charge >= 0.3 is 5.69 Å².